The zero-order valence-electron chi connectivity index (χ0n) is 15.2. The molecule has 26 heavy (non-hydrogen) atoms. The third-order valence-electron chi connectivity index (χ3n) is 5.22. The standard InChI is InChI=1S/C17H26N6O2S/c1-14-19-15-6-7-18-16(15)17(20-14)21-8-5-11-23(13-12-21)26(24,25)22-9-3-2-4-10-22/h6-7,18H,2-5,8-13H2,1H3. The molecule has 2 aliphatic heterocycles. The van der Waals surface area contributed by atoms with Gasteiger partial charge in [0.2, 0.25) is 0 Å². The maximum Gasteiger partial charge on any atom is 0.282 e. The Kier molecular flexibility index (Phi) is 4.85. The fourth-order valence-corrected chi connectivity index (χ4v) is 5.58. The molecule has 4 rings (SSSR count). The zero-order chi connectivity index (χ0) is 18.1. The van der Waals surface area contributed by atoms with Crippen LogP contribution in [0.15, 0.2) is 12.3 Å². The molecule has 0 aliphatic carbocycles. The largest absolute Gasteiger partial charge is 0.357 e. The van der Waals surface area contributed by atoms with Crippen LogP contribution in [0.5, 0.6) is 0 Å². The van der Waals surface area contributed by atoms with Crippen LogP contribution in [0.3, 0.4) is 0 Å². The number of aromatic nitrogens is 3. The summed E-state index contributed by atoms with van der Waals surface area (Å²) in [5.41, 5.74) is 1.82. The van der Waals surface area contributed by atoms with Crippen molar-refractivity contribution in [1.82, 2.24) is 23.6 Å². The first-order chi connectivity index (χ1) is 12.6. The molecule has 0 saturated carbocycles. The second-order valence-electron chi connectivity index (χ2n) is 7.04. The molecule has 0 unspecified atom stereocenters. The van der Waals surface area contributed by atoms with Gasteiger partial charge in [-0.25, -0.2) is 9.97 Å². The second-order valence-corrected chi connectivity index (χ2v) is 8.97. The molecule has 0 spiro atoms. The molecule has 4 heterocycles. The summed E-state index contributed by atoms with van der Waals surface area (Å²) >= 11 is 0. The van der Waals surface area contributed by atoms with E-state index in [0.29, 0.717) is 32.7 Å². The first-order valence-electron chi connectivity index (χ1n) is 9.37. The Balaban J connectivity index is 1.54. The van der Waals surface area contributed by atoms with Gasteiger partial charge in [-0.2, -0.15) is 17.0 Å². The van der Waals surface area contributed by atoms with Gasteiger partial charge in [0.15, 0.2) is 5.82 Å². The number of aryl methyl sites for hydroxylation is 1. The smallest absolute Gasteiger partial charge is 0.282 e. The normalized spacial score (nSPS) is 21.2. The molecule has 2 fully saturated rings. The van der Waals surface area contributed by atoms with Crippen LogP contribution in [0.2, 0.25) is 0 Å². The van der Waals surface area contributed by atoms with E-state index in [0.717, 1.165) is 54.9 Å². The lowest BCUT2D eigenvalue weighted by Gasteiger charge is -2.31. The van der Waals surface area contributed by atoms with Crippen molar-refractivity contribution in [1.29, 1.82) is 0 Å². The number of piperidine rings is 1. The lowest BCUT2D eigenvalue weighted by atomic mass is 10.2. The molecule has 2 saturated heterocycles. The average molecular weight is 379 g/mol. The SMILES string of the molecule is Cc1nc(N2CCCN(S(=O)(=O)N3CCCCC3)CC2)c2[nH]ccc2n1. The van der Waals surface area contributed by atoms with Gasteiger partial charge in [0, 0.05) is 45.5 Å². The summed E-state index contributed by atoms with van der Waals surface area (Å²) in [5, 5.41) is 0. The van der Waals surface area contributed by atoms with Gasteiger partial charge in [0.25, 0.3) is 10.2 Å². The van der Waals surface area contributed by atoms with Gasteiger partial charge >= 0.3 is 0 Å². The molecule has 142 valence electrons. The highest BCUT2D eigenvalue weighted by Gasteiger charge is 2.32. The number of nitrogens with one attached hydrogen (secondary N) is 1. The number of H-pyrrole nitrogens is 1. The number of hydrogen-bond donors (Lipinski definition) is 1. The minimum absolute atomic E-state index is 0.490. The molecule has 2 aliphatic rings. The summed E-state index contributed by atoms with van der Waals surface area (Å²) in [7, 11) is -3.35. The fourth-order valence-electron chi connectivity index (χ4n) is 3.87. The van der Waals surface area contributed by atoms with Crippen molar-refractivity contribution < 1.29 is 8.42 Å². The van der Waals surface area contributed by atoms with Crippen LogP contribution in [0, 0.1) is 6.92 Å². The fraction of sp³-hybridized carbons (Fsp3) is 0.647. The van der Waals surface area contributed by atoms with Gasteiger partial charge in [0.1, 0.15) is 11.3 Å². The van der Waals surface area contributed by atoms with E-state index in [2.05, 4.69) is 19.9 Å². The first kappa shape index (κ1) is 17.7. The quantitative estimate of drug-likeness (QED) is 0.875. The van der Waals surface area contributed by atoms with Crippen LogP contribution in [-0.2, 0) is 10.2 Å². The highest BCUT2D eigenvalue weighted by molar-refractivity contribution is 7.86. The van der Waals surface area contributed by atoms with Crippen molar-refractivity contribution in [3.05, 3.63) is 18.1 Å². The topological polar surface area (TPSA) is 85.4 Å². The van der Waals surface area contributed by atoms with Gasteiger partial charge in [-0.15, -0.1) is 0 Å². The Labute approximate surface area is 154 Å². The lowest BCUT2D eigenvalue weighted by molar-refractivity contribution is 0.307. The number of aromatic amines is 1. The maximum absolute atomic E-state index is 13.0. The highest BCUT2D eigenvalue weighted by atomic mass is 32.2. The summed E-state index contributed by atoms with van der Waals surface area (Å²) in [4.78, 5) is 14.5. The molecule has 2 aromatic heterocycles. The van der Waals surface area contributed by atoms with Crippen molar-refractivity contribution in [2.24, 2.45) is 0 Å². The predicted octanol–water partition coefficient (Wildman–Crippen LogP) is 1.51. The summed E-state index contributed by atoms with van der Waals surface area (Å²) in [6.07, 6.45) is 5.71. The molecule has 0 bridgehead atoms. The third kappa shape index (κ3) is 3.30. The molecule has 0 atom stereocenters. The summed E-state index contributed by atoms with van der Waals surface area (Å²) < 4.78 is 29.2. The number of anilines is 1. The van der Waals surface area contributed by atoms with Crippen molar-refractivity contribution >= 4 is 27.1 Å². The Morgan fingerprint density at radius 3 is 2.46 bits per heavy atom. The van der Waals surface area contributed by atoms with Crippen LogP contribution >= 0.6 is 0 Å². The molecular formula is C17H26N6O2S. The van der Waals surface area contributed by atoms with Crippen LogP contribution in [0.1, 0.15) is 31.5 Å². The molecule has 1 N–H and O–H groups in total. The number of hydrogen-bond acceptors (Lipinski definition) is 5. The molecule has 2 aromatic rings. The van der Waals surface area contributed by atoms with E-state index in [4.69, 9.17) is 0 Å². The molecular weight excluding hydrogens is 352 g/mol. The summed E-state index contributed by atoms with van der Waals surface area (Å²) in [6.45, 7) is 5.67. The zero-order valence-corrected chi connectivity index (χ0v) is 16.0. The number of fused-ring (bicyclic) bond motifs is 1. The average Bonchev–Trinajstić information content (AvgIpc) is 2.96. The molecule has 0 aromatic carbocycles. The molecule has 9 heteroatoms. The lowest BCUT2D eigenvalue weighted by Crippen LogP contribution is -2.47. The number of rotatable bonds is 3. The third-order valence-corrected chi connectivity index (χ3v) is 7.26. The summed E-state index contributed by atoms with van der Waals surface area (Å²) in [6, 6.07) is 1.94. The number of nitrogens with zero attached hydrogens (tertiary/aromatic N) is 5. The molecule has 0 radical (unpaired) electrons. The van der Waals surface area contributed by atoms with Crippen molar-refractivity contribution in [2.75, 3.05) is 44.2 Å². The minimum Gasteiger partial charge on any atom is -0.357 e. The highest BCUT2D eigenvalue weighted by Crippen LogP contribution is 2.25. The van der Waals surface area contributed by atoms with E-state index >= 15 is 0 Å². The van der Waals surface area contributed by atoms with Crippen molar-refractivity contribution in [2.45, 2.75) is 32.6 Å². The predicted molar refractivity (Wildman–Crippen MR) is 101 cm³/mol. The molecule has 8 nitrogen and oxygen atoms in total. The second kappa shape index (κ2) is 7.13. The minimum atomic E-state index is -3.35. The van der Waals surface area contributed by atoms with Crippen LogP contribution in [0.25, 0.3) is 11.0 Å². The monoisotopic (exact) mass is 378 g/mol. The van der Waals surface area contributed by atoms with Crippen LogP contribution in [-0.4, -0.2) is 71.2 Å². The van der Waals surface area contributed by atoms with Gasteiger partial charge in [0.05, 0.1) is 5.52 Å². The van der Waals surface area contributed by atoms with Gasteiger partial charge in [-0.1, -0.05) is 6.42 Å². The van der Waals surface area contributed by atoms with Gasteiger partial charge in [-0.05, 0) is 32.3 Å². The Hall–Kier alpha value is -1.71. The van der Waals surface area contributed by atoms with E-state index in [9.17, 15) is 8.42 Å². The van der Waals surface area contributed by atoms with Gasteiger partial charge in [-0.3, -0.25) is 0 Å². The maximum atomic E-state index is 13.0. The Morgan fingerprint density at radius 1 is 0.923 bits per heavy atom. The van der Waals surface area contributed by atoms with Crippen molar-refractivity contribution in [3.8, 4) is 0 Å². The Morgan fingerprint density at radius 2 is 1.65 bits per heavy atom. The molecule has 0 amide bonds. The van der Waals surface area contributed by atoms with Crippen molar-refractivity contribution in [3.63, 3.8) is 0 Å². The van der Waals surface area contributed by atoms with E-state index in [1.165, 1.54) is 0 Å². The van der Waals surface area contributed by atoms with E-state index in [1.807, 2.05) is 19.2 Å². The Bertz CT molecular complexity index is 875. The van der Waals surface area contributed by atoms with E-state index in [1.54, 1.807) is 8.61 Å². The summed E-state index contributed by atoms with van der Waals surface area (Å²) in [5.74, 6) is 1.60. The first-order valence-corrected chi connectivity index (χ1v) is 10.8. The van der Waals surface area contributed by atoms with Gasteiger partial charge < -0.3 is 9.88 Å². The van der Waals surface area contributed by atoms with Crippen LogP contribution in [0.4, 0.5) is 5.82 Å². The van der Waals surface area contributed by atoms with E-state index in [-0.39, 0.29) is 0 Å². The van der Waals surface area contributed by atoms with Crippen LogP contribution < -0.4 is 4.90 Å². The van der Waals surface area contributed by atoms with E-state index < -0.39 is 10.2 Å².